The fraction of sp³-hybridized carbons (Fsp3) is 0.941. The van der Waals surface area contributed by atoms with Gasteiger partial charge in [-0.15, -0.1) is 12.4 Å². The van der Waals surface area contributed by atoms with Gasteiger partial charge in [0.05, 0.1) is 0 Å². The molecule has 2 rings (SSSR count). The van der Waals surface area contributed by atoms with Gasteiger partial charge >= 0.3 is 6.09 Å². The van der Waals surface area contributed by atoms with E-state index in [0.29, 0.717) is 12.1 Å². The summed E-state index contributed by atoms with van der Waals surface area (Å²) in [5, 5.41) is 0. The van der Waals surface area contributed by atoms with Crippen LogP contribution in [-0.4, -0.2) is 53.7 Å². The van der Waals surface area contributed by atoms with Crippen molar-refractivity contribution in [3.8, 4) is 0 Å². The van der Waals surface area contributed by atoms with Crippen LogP contribution in [0, 0.1) is 5.92 Å². The van der Waals surface area contributed by atoms with E-state index in [4.69, 9.17) is 4.74 Å². The van der Waals surface area contributed by atoms with Crippen LogP contribution >= 0.6 is 12.4 Å². The summed E-state index contributed by atoms with van der Waals surface area (Å²) in [6.07, 6.45) is 5.88. The van der Waals surface area contributed by atoms with Crippen LogP contribution in [0.2, 0.25) is 0 Å². The average molecular weight is 333 g/mol. The van der Waals surface area contributed by atoms with Gasteiger partial charge in [-0.3, -0.25) is 0 Å². The molecule has 0 N–H and O–H groups in total. The number of halogens is 1. The standard InChI is InChI=1S/C17H32N2O2.ClH/c1-13-8-10-19(11-9-13)15-7-6-14(12-15)18(5)16(20)21-17(2,3)4;/h13-15H,6-12H2,1-5H3;1H/t14-,15+;/m1./s1. The molecule has 2 aliphatic rings. The summed E-state index contributed by atoms with van der Waals surface area (Å²) in [5.74, 6) is 0.878. The van der Waals surface area contributed by atoms with Gasteiger partial charge in [-0.1, -0.05) is 6.92 Å². The molecule has 1 saturated heterocycles. The maximum Gasteiger partial charge on any atom is 0.410 e. The highest BCUT2D eigenvalue weighted by Crippen LogP contribution is 2.30. The molecule has 0 unspecified atom stereocenters. The lowest BCUT2D eigenvalue weighted by molar-refractivity contribution is 0.0218. The van der Waals surface area contributed by atoms with Crippen LogP contribution in [0.25, 0.3) is 0 Å². The molecule has 0 aromatic heterocycles. The number of rotatable bonds is 2. The molecule has 2 fully saturated rings. The van der Waals surface area contributed by atoms with Crippen LogP contribution in [0.5, 0.6) is 0 Å². The van der Waals surface area contributed by atoms with Crippen molar-refractivity contribution in [1.29, 1.82) is 0 Å². The molecule has 0 bridgehead atoms. The van der Waals surface area contributed by atoms with Crippen molar-refractivity contribution in [2.75, 3.05) is 20.1 Å². The fourth-order valence-corrected chi connectivity index (χ4v) is 3.49. The van der Waals surface area contributed by atoms with Crippen LogP contribution in [-0.2, 0) is 4.74 Å². The average Bonchev–Trinajstić information content (AvgIpc) is 2.86. The van der Waals surface area contributed by atoms with Gasteiger partial charge in [-0.2, -0.15) is 0 Å². The Hall–Kier alpha value is -0.480. The SMILES string of the molecule is CC1CCN([C@H]2CC[C@@H](N(C)C(=O)OC(C)(C)C)C2)CC1.Cl. The van der Waals surface area contributed by atoms with E-state index in [1.54, 1.807) is 0 Å². The van der Waals surface area contributed by atoms with Crippen LogP contribution in [0.1, 0.15) is 59.8 Å². The van der Waals surface area contributed by atoms with Crippen molar-refractivity contribution >= 4 is 18.5 Å². The third-order valence-electron chi connectivity index (χ3n) is 4.94. The van der Waals surface area contributed by atoms with Gasteiger partial charge in [-0.05, 0) is 71.9 Å². The number of ether oxygens (including phenoxy) is 1. The summed E-state index contributed by atoms with van der Waals surface area (Å²) in [4.78, 5) is 16.6. The number of hydrogen-bond donors (Lipinski definition) is 0. The fourth-order valence-electron chi connectivity index (χ4n) is 3.49. The van der Waals surface area contributed by atoms with E-state index in [2.05, 4.69) is 11.8 Å². The summed E-state index contributed by atoms with van der Waals surface area (Å²) in [6, 6.07) is 0.997. The van der Waals surface area contributed by atoms with Crippen molar-refractivity contribution < 1.29 is 9.53 Å². The van der Waals surface area contributed by atoms with E-state index >= 15 is 0 Å². The molecule has 0 aromatic rings. The third-order valence-corrected chi connectivity index (χ3v) is 4.94. The molecule has 4 nitrogen and oxygen atoms in total. The van der Waals surface area contributed by atoms with E-state index in [9.17, 15) is 4.79 Å². The quantitative estimate of drug-likeness (QED) is 0.768. The Bertz CT molecular complexity index is 362. The Labute approximate surface area is 142 Å². The van der Waals surface area contributed by atoms with Gasteiger partial charge in [0.1, 0.15) is 5.60 Å². The molecule has 22 heavy (non-hydrogen) atoms. The first-order valence-electron chi connectivity index (χ1n) is 8.46. The minimum absolute atomic E-state index is 0. The van der Waals surface area contributed by atoms with Gasteiger partial charge in [0.2, 0.25) is 0 Å². The molecule has 0 spiro atoms. The molecule has 1 heterocycles. The Kier molecular flexibility index (Phi) is 7.00. The summed E-state index contributed by atoms with van der Waals surface area (Å²) in [6.45, 7) is 10.6. The van der Waals surface area contributed by atoms with E-state index in [-0.39, 0.29) is 18.5 Å². The minimum atomic E-state index is -0.410. The third kappa shape index (κ3) is 5.31. The first-order chi connectivity index (χ1) is 9.76. The summed E-state index contributed by atoms with van der Waals surface area (Å²) < 4.78 is 5.48. The first kappa shape index (κ1) is 19.6. The second-order valence-electron chi connectivity index (χ2n) is 7.93. The summed E-state index contributed by atoms with van der Waals surface area (Å²) in [7, 11) is 1.89. The van der Waals surface area contributed by atoms with E-state index in [0.717, 1.165) is 18.8 Å². The molecule has 5 heteroatoms. The Morgan fingerprint density at radius 1 is 1.14 bits per heavy atom. The number of nitrogens with zero attached hydrogens (tertiary/aromatic N) is 2. The molecule has 1 aliphatic heterocycles. The normalized spacial score (nSPS) is 27.3. The summed E-state index contributed by atoms with van der Waals surface area (Å²) in [5.41, 5.74) is -0.410. The molecule has 0 radical (unpaired) electrons. The highest BCUT2D eigenvalue weighted by atomic mass is 35.5. The van der Waals surface area contributed by atoms with E-state index < -0.39 is 5.60 Å². The highest BCUT2D eigenvalue weighted by molar-refractivity contribution is 5.85. The van der Waals surface area contributed by atoms with Crippen LogP contribution in [0.4, 0.5) is 4.79 Å². The van der Waals surface area contributed by atoms with Crippen molar-refractivity contribution in [3.05, 3.63) is 0 Å². The zero-order chi connectivity index (χ0) is 15.6. The number of carbonyl (C=O) groups excluding carboxylic acids is 1. The topological polar surface area (TPSA) is 32.8 Å². The Morgan fingerprint density at radius 2 is 1.73 bits per heavy atom. The minimum Gasteiger partial charge on any atom is -0.444 e. The molecule has 0 aromatic carbocycles. The predicted octanol–water partition coefficient (Wildman–Crippen LogP) is 3.93. The lowest BCUT2D eigenvalue weighted by atomic mass is 9.97. The van der Waals surface area contributed by atoms with Crippen LogP contribution < -0.4 is 0 Å². The molecular weight excluding hydrogens is 300 g/mol. The van der Waals surface area contributed by atoms with Gasteiger partial charge in [-0.25, -0.2) is 4.79 Å². The first-order valence-corrected chi connectivity index (χ1v) is 8.46. The van der Waals surface area contributed by atoms with Crippen molar-refractivity contribution in [1.82, 2.24) is 9.80 Å². The number of piperidine rings is 1. The zero-order valence-electron chi connectivity index (χ0n) is 14.8. The molecule has 1 saturated carbocycles. The lowest BCUT2D eigenvalue weighted by Gasteiger charge is -2.35. The second-order valence-corrected chi connectivity index (χ2v) is 7.93. The molecular formula is C17H33ClN2O2. The van der Waals surface area contributed by atoms with Gasteiger partial charge in [0.25, 0.3) is 0 Å². The monoisotopic (exact) mass is 332 g/mol. The predicted molar refractivity (Wildman–Crippen MR) is 92.6 cm³/mol. The highest BCUT2D eigenvalue weighted by Gasteiger charge is 2.35. The number of likely N-dealkylation sites (tertiary alicyclic amines) is 1. The van der Waals surface area contributed by atoms with Crippen LogP contribution in [0.3, 0.4) is 0 Å². The van der Waals surface area contributed by atoms with Crippen LogP contribution in [0.15, 0.2) is 0 Å². The molecule has 1 aliphatic carbocycles. The lowest BCUT2D eigenvalue weighted by Crippen LogP contribution is -2.42. The Morgan fingerprint density at radius 3 is 2.27 bits per heavy atom. The second kappa shape index (κ2) is 7.87. The Balaban J connectivity index is 0.00000242. The van der Waals surface area contributed by atoms with E-state index in [1.165, 1.54) is 32.4 Å². The van der Waals surface area contributed by atoms with Gasteiger partial charge < -0.3 is 14.5 Å². The van der Waals surface area contributed by atoms with Gasteiger partial charge in [0.15, 0.2) is 0 Å². The van der Waals surface area contributed by atoms with Crippen molar-refractivity contribution in [3.63, 3.8) is 0 Å². The molecule has 1 amide bonds. The largest absolute Gasteiger partial charge is 0.444 e. The number of amides is 1. The maximum atomic E-state index is 12.2. The number of carbonyl (C=O) groups is 1. The summed E-state index contributed by atoms with van der Waals surface area (Å²) >= 11 is 0. The van der Waals surface area contributed by atoms with Crippen molar-refractivity contribution in [2.24, 2.45) is 5.92 Å². The van der Waals surface area contributed by atoms with E-state index in [1.807, 2.05) is 32.7 Å². The maximum absolute atomic E-state index is 12.2. The molecule has 2 atom stereocenters. The zero-order valence-corrected chi connectivity index (χ0v) is 15.6. The van der Waals surface area contributed by atoms with Crippen molar-refractivity contribution in [2.45, 2.75) is 77.5 Å². The smallest absolute Gasteiger partial charge is 0.410 e. The number of hydrogen-bond acceptors (Lipinski definition) is 3. The molecule has 130 valence electrons. The van der Waals surface area contributed by atoms with Gasteiger partial charge in [0, 0.05) is 19.1 Å².